The van der Waals surface area contributed by atoms with Gasteiger partial charge >= 0.3 is 0 Å². The van der Waals surface area contributed by atoms with Gasteiger partial charge in [-0.2, -0.15) is 0 Å². The third-order valence-electron chi connectivity index (χ3n) is 4.61. The number of nitrogens with one attached hydrogen (secondary N) is 1. The van der Waals surface area contributed by atoms with Crippen molar-refractivity contribution in [1.82, 2.24) is 4.90 Å². The van der Waals surface area contributed by atoms with E-state index in [9.17, 15) is 4.79 Å². The summed E-state index contributed by atoms with van der Waals surface area (Å²) < 4.78 is 0. The average Bonchev–Trinajstić information content (AvgIpc) is 2.67. The molecule has 0 aliphatic carbocycles. The van der Waals surface area contributed by atoms with Crippen molar-refractivity contribution in [3.05, 3.63) is 66.2 Å². The molecule has 24 heavy (non-hydrogen) atoms. The lowest BCUT2D eigenvalue weighted by Crippen LogP contribution is -3.14. The maximum absolute atomic E-state index is 13.2. The average molecular weight is 342 g/mol. The smallest absolute Gasteiger partial charge is 0.240 e. The molecule has 0 aromatic heterocycles. The number of benzene rings is 2. The number of hydrogen-bond donors (Lipinski definition) is 1. The fourth-order valence-electron chi connectivity index (χ4n) is 3.09. The van der Waals surface area contributed by atoms with Crippen LogP contribution in [0.1, 0.15) is 17.7 Å². The van der Waals surface area contributed by atoms with Crippen LogP contribution in [0.25, 0.3) is 0 Å². The number of nitrogens with zero attached hydrogens (tertiary/aromatic N) is 1. The lowest BCUT2D eigenvalue weighted by Gasteiger charge is -2.33. The summed E-state index contributed by atoms with van der Waals surface area (Å²) in [6.45, 7) is 7.19. The molecule has 2 aromatic carbocycles. The van der Waals surface area contributed by atoms with Crippen LogP contribution in [0.4, 0.5) is 0 Å². The van der Waals surface area contributed by atoms with Crippen molar-refractivity contribution < 1.29 is 9.69 Å². The van der Waals surface area contributed by atoms with Gasteiger partial charge in [0.2, 0.25) is 5.91 Å². The summed E-state index contributed by atoms with van der Waals surface area (Å²) in [5.74, 6) is 0.241. The molecule has 126 valence electrons. The molecule has 4 heteroatoms. The van der Waals surface area contributed by atoms with Gasteiger partial charge in [-0.05, 0) is 24.6 Å². The van der Waals surface area contributed by atoms with Crippen LogP contribution in [-0.2, 0) is 4.79 Å². The molecule has 1 saturated heterocycles. The van der Waals surface area contributed by atoms with E-state index in [1.54, 1.807) is 16.7 Å². The number of amides is 1. The fourth-order valence-corrected chi connectivity index (χ4v) is 4.22. The first kappa shape index (κ1) is 17.1. The largest absolute Gasteiger partial charge is 0.332 e. The van der Waals surface area contributed by atoms with Crippen LogP contribution in [-0.4, -0.2) is 43.5 Å². The van der Waals surface area contributed by atoms with Gasteiger partial charge in [-0.1, -0.05) is 48.5 Å². The molecule has 0 saturated carbocycles. The SMILES string of the molecule is CC[NH+]1CCN(C(=O)[C@H](Sc2ccccc2)c2ccccc2)CC1. The van der Waals surface area contributed by atoms with Crippen molar-refractivity contribution >= 4 is 17.7 Å². The van der Waals surface area contributed by atoms with Gasteiger partial charge in [0.05, 0.1) is 32.7 Å². The van der Waals surface area contributed by atoms with Crippen molar-refractivity contribution in [3.63, 3.8) is 0 Å². The van der Waals surface area contributed by atoms with Gasteiger partial charge in [-0.3, -0.25) is 4.79 Å². The van der Waals surface area contributed by atoms with Crippen LogP contribution in [0.15, 0.2) is 65.6 Å². The molecule has 1 amide bonds. The molecule has 3 nitrogen and oxygen atoms in total. The Kier molecular flexibility index (Phi) is 5.94. The van der Waals surface area contributed by atoms with Crippen molar-refractivity contribution in [2.45, 2.75) is 17.1 Å². The van der Waals surface area contributed by atoms with E-state index in [4.69, 9.17) is 0 Å². The van der Waals surface area contributed by atoms with Crippen LogP contribution in [0, 0.1) is 0 Å². The lowest BCUT2D eigenvalue weighted by molar-refractivity contribution is -0.902. The monoisotopic (exact) mass is 341 g/mol. The molecule has 1 heterocycles. The molecular formula is C20H25N2OS+. The van der Waals surface area contributed by atoms with Crippen molar-refractivity contribution in [2.24, 2.45) is 0 Å². The van der Waals surface area contributed by atoms with Crippen LogP contribution >= 0.6 is 11.8 Å². The Bertz CT molecular complexity index is 639. The van der Waals surface area contributed by atoms with Gasteiger partial charge in [0, 0.05) is 4.90 Å². The van der Waals surface area contributed by atoms with E-state index in [0.29, 0.717) is 0 Å². The highest BCUT2D eigenvalue weighted by molar-refractivity contribution is 8.00. The summed E-state index contributed by atoms with van der Waals surface area (Å²) in [7, 11) is 0. The third kappa shape index (κ3) is 4.19. The van der Waals surface area contributed by atoms with E-state index in [2.05, 4.69) is 31.2 Å². The normalized spacial score (nSPS) is 16.8. The van der Waals surface area contributed by atoms with Gasteiger partial charge in [-0.25, -0.2) is 0 Å². The minimum Gasteiger partial charge on any atom is -0.332 e. The zero-order valence-electron chi connectivity index (χ0n) is 14.2. The van der Waals surface area contributed by atoms with Gasteiger partial charge in [-0.15, -0.1) is 11.8 Å². The highest BCUT2D eigenvalue weighted by atomic mass is 32.2. The highest BCUT2D eigenvalue weighted by Crippen LogP contribution is 2.36. The summed E-state index contributed by atoms with van der Waals surface area (Å²) in [6.07, 6.45) is 0. The zero-order chi connectivity index (χ0) is 16.8. The van der Waals surface area contributed by atoms with Gasteiger partial charge in [0.25, 0.3) is 0 Å². The first-order valence-electron chi connectivity index (χ1n) is 8.67. The zero-order valence-corrected chi connectivity index (χ0v) is 15.0. The number of carbonyl (C=O) groups excluding carboxylic acids is 1. The number of carbonyl (C=O) groups is 1. The Morgan fingerprint density at radius 2 is 1.62 bits per heavy atom. The molecule has 1 aliphatic rings. The summed E-state index contributed by atoms with van der Waals surface area (Å²) in [5.41, 5.74) is 1.08. The molecule has 1 fully saturated rings. The quantitative estimate of drug-likeness (QED) is 0.844. The van der Waals surface area contributed by atoms with E-state index in [0.717, 1.165) is 43.2 Å². The molecule has 0 unspecified atom stereocenters. The number of rotatable bonds is 5. The highest BCUT2D eigenvalue weighted by Gasteiger charge is 2.30. The predicted molar refractivity (Wildman–Crippen MR) is 99.3 cm³/mol. The lowest BCUT2D eigenvalue weighted by atomic mass is 10.1. The van der Waals surface area contributed by atoms with Gasteiger partial charge < -0.3 is 9.80 Å². The Morgan fingerprint density at radius 3 is 2.21 bits per heavy atom. The number of thioether (sulfide) groups is 1. The molecule has 1 atom stereocenters. The maximum atomic E-state index is 13.2. The van der Waals surface area contributed by atoms with Crippen LogP contribution in [0.3, 0.4) is 0 Å². The van der Waals surface area contributed by atoms with Crippen molar-refractivity contribution in [2.75, 3.05) is 32.7 Å². The second-order valence-corrected chi connectivity index (χ2v) is 7.33. The number of likely N-dealkylation sites (N-methyl/N-ethyl adjacent to an activating group) is 1. The van der Waals surface area contributed by atoms with E-state index in [1.807, 2.05) is 41.3 Å². The maximum Gasteiger partial charge on any atom is 0.240 e. The van der Waals surface area contributed by atoms with E-state index < -0.39 is 0 Å². The molecular weight excluding hydrogens is 316 g/mol. The Balaban J connectivity index is 1.78. The molecule has 1 aliphatic heterocycles. The summed E-state index contributed by atoms with van der Waals surface area (Å²) in [4.78, 5) is 18.0. The molecule has 2 aromatic rings. The standard InChI is InChI=1S/C20H24N2OS/c1-2-21-13-15-22(16-14-21)20(23)19(17-9-5-3-6-10-17)24-18-11-7-4-8-12-18/h3-12,19H,2,13-16H2,1H3/p+1/t19-/m1/s1. The van der Waals surface area contributed by atoms with Crippen molar-refractivity contribution in [3.8, 4) is 0 Å². The van der Waals surface area contributed by atoms with Gasteiger partial charge in [0.1, 0.15) is 5.25 Å². The van der Waals surface area contributed by atoms with Gasteiger partial charge in [0.15, 0.2) is 0 Å². The minimum absolute atomic E-state index is 0.170. The topological polar surface area (TPSA) is 24.8 Å². The third-order valence-corrected chi connectivity index (χ3v) is 5.86. The molecule has 0 bridgehead atoms. The second-order valence-electron chi connectivity index (χ2n) is 6.15. The predicted octanol–water partition coefficient (Wildman–Crippen LogP) is 2.27. The Labute approximate surface area is 148 Å². The number of hydrogen-bond acceptors (Lipinski definition) is 2. The van der Waals surface area contributed by atoms with E-state index >= 15 is 0 Å². The minimum atomic E-state index is -0.170. The number of quaternary nitrogens is 1. The van der Waals surface area contributed by atoms with E-state index in [1.165, 1.54) is 0 Å². The Hall–Kier alpha value is -1.78. The van der Waals surface area contributed by atoms with Crippen LogP contribution < -0.4 is 4.90 Å². The second kappa shape index (κ2) is 8.36. The fraction of sp³-hybridized carbons (Fsp3) is 0.350. The summed E-state index contributed by atoms with van der Waals surface area (Å²) >= 11 is 1.65. The first-order valence-corrected chi connectivity index (χ1v) is 9.55. The summed E-state index contributed by atoms with van der Waals surface area (Å²) in [6, 6.07) is 20.4. The van der Waals surface area contributed by atoms with Crippen molar-refractivity contribution in [1.29, 1.82) is 0 Å². The van der Waals surface area contributed by atoms with Crippen LogP contribution in [0.5, 0.6) is 0 Å². The Morgan fingerprint density at radius 1 is 1.04 bits per heavy atom. The molecule has 1 N–H and O–H groups in total. The van der Waals surface area contributed by atoms with E-state index in [-0.39, 0.29) is 11.2 Å². The summed E-state index contributed by atoms with van der Waals surface area (Å²) in [5, 5.41) is -0.170. The molecule has 0 radical (unpaired) electrons. The molecule has 3 rings (SSSR count). The number of piperazine rings is 1. The first-order chi connectivity index (χ1) is 11.8. The molecule has 0 spiro atoms. The van der Waals surface area contributed by atoms with Crippen LogP contribution in [0.2, 0.25) is 0 Å².